The first kappa shape index (κ1) is 26.5. The van der Waals surface area contributed by atoms with E-state index in [-0.39, 0.29) is 23.1 Å². The van der Waals surface area contributed by atoms with Crippen molar-refractivity contribution in [2.45, 2.75) is 4.90 Å². The zero-order chi connectivity index (χ0) is 23.3. The van der Waals surface area contributed by atoms with E-state index in [1.165, 1.54) is 0 Å². The van der Waals surface area contributed by atoms with Gasteiger partial charge in [-0.15, -0.1) is 12.4 Å². The van der Waals surface area contributed by atoms with Gasteiger partial charge in [0.1, 0.15) is 10.7 Å². The van der Waals surface area contributed by atoms with Crippen LogP contribution in [0.5, 0.6) is 0 Å². The number of aromatic nitrogens is 2. The molecule has 0 aliphatic carbocycles. The number of nitrogens with one attached hydrogen (secondary N) is 3. The van der Waals surface area contributed by atoms with Crippen LogP contribution in [0, 0.1) is 11.6 Å². The quantitative estimate of drug-likeness (QED) is 0.393. The van der Waals surface area contributed by atoms with Crippen LogP contribution < -0.4 is 20.3 Å². The zero-order valence-electron chi connectivity index (χ0n) is 17.6. The zero-order valence-corrected chi connectivity index (χ0v) is 20.0. The Bertz CT molecular complexity index is 1200. The maximum absolute atomic E-state index is 14.8. The molecule has 3 N–H and O–H groups in total. The number of halogens is 4. The maximum Gasteiger partial charge on any atom is 0.267 e. The van der Waals surface area contributed by atoms with Gasteiger partial charge in [0.25, 0.3) is 10.0 Å². The molecular weight excluding hydrogens is 497 g/mol. The molecule has 0 aliphatic rings. The Hall–Kier alpha value is -2.73. The third-order valence-electron chi connectivity index (χ3n) is 4.44. The standard InChI is InChI=1S/C20H21ClF2N6O2S.ClH/c1-24-7-8-29(2)18-6-4-3-5-16(18)27-17-10-15(23)19(9-14(17)21)32(30,31)28-20-25-11-13(22)12-26-20;/h3-6,9-12,24,27H,7-8H2,1-2H3,(H,25,26,28);1H. The lowest BCUT2D eigenvalue weighted by molar-refractivity contribution is 0.570. The van der Waals surface area contributed by atoms with Crippen molar-refractivity contribution in [2.75, 3.05) is 42.1 Å². The number of likely N-dealkylation sites (N-methyl/N-ethyl adjacent to an activating group) is 2. The van der Waals surface area contributed by atoms with E-state index in [1.54, 1.807) is 6.07 Å². The second kappa shape index (κ2) is 11.4. The number of hydrogen-bond donors (Lipinski definition) is 3. The van der Waals surface area contributed by atoms with Crippen molar-refractivity contribution in [1.82, 2.24) is 15.3 Å². The van der Waals surface area contributed by atoms with E-state index in [9.17, 15) is 17.2 Å². The Labute approximate surface area is 201 Å². The van der Waals surface area contributed by atoms with Crippen molar-refractivity contribution in [3.63, 3.8) is 0 Å². The average Bonchev–Trinajstić information content (AvgIpc) is 2.76. The predicted octanol–water partition coefficient (Wildman–Crippen LogP) is 4.03. The predicted molar refractivity (Wildman–Crippen MR) is 128 cm³/mol. The van der Waals surface area contributed by atoms with Gasteiger partial charge in [0, 0.05) is 26.2 Å². The lowest BCUT2D eigenvalue weighted by atomic mass is 10.2. The highest BCUT2D eigenvalue weighted by Crippen LogP contribution is 2.34. The molecule has 2 aromatic carbocycles. The van der Waals surface area contributed by atoms with E-state index in [1.807, 2.05) is 41.9 Å². The molecule has 0 saturated heterocycles. The molecular formula is C20H22Cl2F2N6O2S. The summed E-state index contributed by atoms with van der Waals surface area (Å²) in [6.07, 6.45) is 1.57. The van der Waals surface area contributed by atoms with Crippen molar-refractivity contribution in [2.24, 2.45) is 0 Å². The number of para-hydroxylation sites is 2. The molecule has 1 heterocycles. The molecule has 0 spiro atoms. The van der Waals surface area contributed by atoms with Crippen LogP contribution in [0.25, 0.3) is 0 Å². The van der Waals surface area contributed by atoms with Crippen LogP contribution >= 0.6 is 24.0 Å². The molecule has 0 fully saturated rings. The largest absolute Gasteiger partial charge is 0.372 e. The number of hydrogen-bond acceptors (Lipinski definition) is 7. The number of sulfonamides is 1. The fourth-order valence-electron chi connectivity index (χ4n) is 2.83. The second-order valence-corrected chi connectivity index (χ2v) is 8.82. The van der Waals surface area contributed by atoms with Crippen molar-refractivity contribution in [3.05, 3.63) is 65.4 Å². The van der Waals surface area contributed by atoms with Crippen molar-refractivity contribution in [3.8, 4) is 0 Å². The molecule has 8 nitrogen and oxygen atoms in total. The Kier molecular flexibility index (Phi) is 9.17. The van der Waals surface area contributed by atoms with Gasteiger partial charge in [-0.05, 0) is 25.2 Å². The lowest BCUT2D eigenvalue weighted by Crippen LogP contribution is -2.27. The van der Waals surface area contributed by atoms with Crippen LogP contribution in [0.15, 0.2) is 53.7 Å². The van der Waals surface area contributed by atoms with Crippen molar-refractivity contribution >= 4 is 57.0 Å². The SMILES string of the molecule is CNCCN(C)c1ccccc1Nc1cc(F)c(S(=O)(=O)Nc2ncc(F)cn2)cc1Cl.Cl. The maximum atomic E-state index is 14.8. The minimum atomic E-state index is -4.40. The highest BCUT2D eigenvalue weighted by atomic mass is 35.5. The van der Waals surface area contributed by atoms with E-state index in [0.29, 0.717) is 5.69 Å². The summed E-state index contributed by atoms with van der Waals surface area (Å²) in [6, 6.07) is 9.36. The molecule has 0 aliphatic heterocycles. The Morgan fingerprint density at radius 1 is 1.09 bits per heavy atom. The van der Waals surface area contributed by atoms with Gasteiger partial charge < -0.3 is 15.5 Å². The molecule has 0 saturated carbocycles. The van der Waals surface area contributed by atoms with Gasteiger partial charge in [-0.1, -0.05) is 23.7 Å². The van der Waals surface area contributed by atoms with E-state index >= 15 is 0 Å². The molecule has 1 aromatic heterocycles. The molecule has 0 unspecified atom stereocenters. The molecule has 178 valence electrons. The summed E-state index contributed by atoms with van der Waals surface area (Å²) in [6.45, 7) is 1.49. The van der Waals surface area contributed by atoms with Crippen LogP contribution in [0.1, 0.15) is 0 Å². The van der Waals surface area contributed by atoms with Crippen LogP contribution in [-0.4, -0.2) is 45.6 Å². The smallest absolute Gasteiger partial charge is 0.267 e. The molecule has 13 heteroatoms. The summed E-state index contributed by atoms with van der Waals surface area (Å²) in [5.74, 6) is -2.18. The minimum Gasteiger partial charge on any atom is -0.372 e. The van der Waals surface area contributed by atoms with E-state index in [0.717, 1.165) is 43.3 Å². The molecule has 0 bridgehead atoms. The van der Waals surface area contributed by atoms with Gasteiger partial charge in [-0.3, -0.25) is 0 Å². The summed E-state index contributed by atoms with van der Waals surface area (Å²) >= 11 is 6.27. The van der Waals surface area contributed by atoms with Gasteiger partial charge in [0.05, 0.1) is 34.5 Å². The first-order chi connectivity index (χ1) is 15.2. The van der Waals surface area contributed by atoms with E-state index < -0.39 is 32.5 Å². The van der Waals surface area contributed by atoms with E-state index in [4.69, 9.17) is 11.6 Å². The van der Waals surface area contributed by atoms with Gasteiger partial charge in [0.2, 0.25) is 5.95 Å². The lowest BCUT2D eigenvalue weighted by Gasteiger charge is -2.23. The first-order valence-corrected chi connectivity index (χ1v) is 11.3. The van der Waals surface area contributed by atoms with Crippen LogP contribution in [0.4, 0.5) is 31.8 Å². The highest BCUT2D eigenvalue weighted by molar-refractivity contribution is 7.92. The normalized spacial score (nSPS) is 10.9. The van der Waals surface area contributed by atoms with Crippen molar-refractivity contribution < 1.29 is 17.2 Å². The topological polar surface area (TPSA) is 99.2 Å². The van der Waals surface area contributed by atoms with Crippen LogP contribution in [0.3, 0.4) is 0 Å². The molecule has 3 aromatic rings. The summed E-state index contributed by atoms with van der Waals surface area (Å²) in [7, 11) is -0.631. The molecule has 0 atom stereocenters. The Morgan fingerprint density at radius 3 is 2.42 bits per heavy atom. The minimum absolute atomic E-state index is 0. The number of benzene rings is 2. The van der Waals surface area contributed by atoms with Crippen molar-refractivity contribution in [1.29, 1.82) is 0 Å². The molecule has 3 rings (SSSR count). The monoisotopic (exact) mass is 518 g/mol. The summed E-state index contributed by atoms with van der Waals surface area (Å²) in [4.78, 5) is 8.33. The van der Waals surface area contributed by atoms with Gasteiger partial charge in [0.15, 0.2) is 5.82 Å². The summed E-state index contributed by atoms with van der Waals surface area (Å²) < 4.78 is 54.8. The number of anilines is 4. The first-order valence-electron chi connectivity index (χ1n) is 9.42. The highest BCUT2D eigenvalue weighted by Gasteiger charge is 2.23. The third-order valence-corrected chi connectivity index (χ3v) is 6.09. The van der Waals surface area contributed by atoms with Gasteiger partial charge in [-0.25, -0.2) is 31.9 Å². The Balaban J connectivity index is 0.00000385. The number of rotatable bonds is 9. The molecule has 33 heavy (non-hydrogen) atoms. The summed E-state index contributed by atoms with van der Waals surface area (Å²) in [5.41, 5.74) is 1.71. The van der Waals surface area contributed by atoms with Gasteiger partial charge >= 0.3 is 0 Å². The Morgan fingerprint density at radius 2 is 1.76 bits per heavy atom. The molecule has 0 amide bonds. The fourth-order valence-corrected chi connectivity index (χ4v) is 4.15. The average molecular weight is 519 g/mol. The summed E-state index contributed by atoms with van der Waals surface area (Å²) in [5, 5.41) is 6.12. The van der Waals surface area contributed by atoms with Crippen LogP contribution in [-0.2, 0) is 10.0 Å². The van der Waals surface area contributed by atoms with Gasteiger partial charge in [-0.2, -0.15) is 0 Å². The van der Waals surface area contributed by atoms with E-state index in [2.05, 4.69) is 20.6 Å². The third kappa shape index (κ3) is 6.64. The fraction of sp³-hybridized carbons (Fsp3) is 0.200. The number of nitrogens with zero attached hydrogens (tertiary/aromatic N) is 3. The van der Waals surface area contributed by atoms with Crippen LogP contribution in [0.2, 0.25) is 5.02 Å². The second-order valence-electron chi connectivity index (χ2n) is 6.76. The molecule has 0 radical (unpaired) electrons.